The summed E-state index contributed by atoms with van der Waals surface area (Å²) in [6, 6.07) is 4.46. The molecule has 1 atom stereocenters. The number of rotatable bonds is 8. The monoisotopic (exact) mass is 347 g/mol. The lowest BCUT2D eigenvalue weighted by Gasteiger charge is -2.26. The molecule has 130 valence electrons. The van der Waals surface area contributed by atoms with Crippen LogP contribution in [0.3, 0.4) is 0 Å². The highest BCUT2D eigenvalue weighted by atomic mass is 32.1. The Balaban J connectivity index is 1.39. The average Bonchev–Trinajstić information content (AvgIpc) is 3.34. The summed E-state index contributed by atoms with van der Waals surface area (Å²) in [6.45, 7) is 4.44. The van der Waals surface area contributed by atoms with Gasteiger partial charge in [-0.05, 0) is 43.8 Å². The van der Waals surface area contributed by atoms with Crippen LogP contribution < -0.4 is 10.6 Å². The Kier molecular flexibility index (Phi) is 6.26. The summed E-state index contributed by atoms with van der Waals surface area (Å²) in [5.41, 5.74) is 0. The van der Waals surface area contributed by atoms with Crippen LogP contribution in [0.5, 0.6) is 0 Å². The molecule has 0 aliphatic carbocycles. The van der Waals surface area contributed by atoms with Crippen molar-refractivity contribution in [3.63, 3.8) is 0 Å². The van der Waals surface area contributed by atoms with E-state index in [1.54, 1.807) is 23.9 Å². The number of likely N-dealkylation sites (tertiary alicyclic amines) is 1. The first kappa shape index (κ1) is 17.0. The number of hydrogen-bond donors (Lipinski definition) is 2. The van der Waals surface area contributed by atoms with Crippen LogP contribution in [0.1, 0.15) is 30.2 Å². The normalized spacial score (nSPS) is 16.2. The van der Waals surface area contributed by atoms with E-state index < -0.39 is 0 Å². The minimum Gasteiger partial charge on any atom is -0.338 e. The van der Waals surface area contributed by atoms with Crippen LogP contribution >= 0.6 is 11.3 Å². The van der Waals surface area contributed by atoms with Gasteiger partial charge in [0.2, 0.25) is 0 Å². The maximum absolute atomic E-state index is 12.0. The summed E-state index contributed by atoms with van der Waals surface area (Å²) in [7, 11) is 0. The molecule has 0 unspecified atom stereocenters. The Bertz CT molecular complexity index is 593. The summed E-state index contributed by atoms with van der Waals surface area (Å²) in [6.07, 6.45) is 8.89. The summed E-state index contributed by atoms with van der Waals surface area (Å²) in [4.78, 5) is 19.9. The van der Waals surface area contributed by atoms with Gasteiger partial charge in [-0.15, -0.1) is 11.3 Å². The maximum Gasteiger partial charge on any atom is 0.314 e. The van der Waals surface area contributed by atoms with Crippen molar-refractivity contribution in [1.29, 1.82) is 0 Å². The first-order valence-electron chi connectivity index (χ1n) is 8.58. The van der Waals surface area contributed by atoms with Crippen molar-refractivity contribution in [2.24, 2.45) is 0 Å². The lowest BCUT2D eigenvalue weighted by Crippen LogP contribution is -2.41. The Hall–Kier alpha value is -1.86. The summed E-state index contributed by atoms with van der Waals surface area (Å²) in [5, 5.41) is 8.08. The highest BCUT2D eigenvalue weighted by Gasteiger charge is 2.24. The van der Waals surface area contributed by atoms with E-state index in [9.17, 15) is 4.79 Å². The molecular formula is C17H25N5OS. The number of carbonyl (C=O) groups excluding carboxylic acids is 1. The molecule has 3 heterocycles. The van der Waals surface area contributed by atoms with Crippen LogP contribution in [0.25, 0.3) is 0 Å². The van der Waals surface area contributed by atoms with Crippen LogP contribution in [0.2, 0.25) is 0 Å². The fourth-order valence-electron chi connectivity index (χ4n) is 3.08. The minimum atomic E-state index is -0.0821. The SMILES string of the molecule is O=C(NCCCn1ccnc1)NC[C@@H](c1cccs1)N1CCCC1. The summed E-state index contributed by atoms with van der Waals surface area (Å²) >= 11 is 1.77. The van der Waals surface area contributed by atoms with Crippen molar-refractivity contribution < 1.29 is 4.79 Å². The molecule has 7 heteroatoms. The fraction of sp³-hybridized carbons (Fsp3) is 0.529. The third-order valence-electron chi connectivity index (χ3n) is 4.35. The van der Waals surface area contributed by atoms with Crippen LogP contribution in [0, 0.1) is 0 Å². The van der Waals surface area contributed by atoms with E-state index in [4.69, 9.17) is 0 Å². The fourth-order valence-corrected chi connectivity index (χ4v) is 3.94. The lowest BCUT2D eigenvalue weighted by atomic mass is 10.2. The van der Waals surface area contributed by atoms with E-state index >= 15 is 0 Å². The quantitative estimate of drug-likeness (QED) is 0.721. The van der Waals surface area contributed by atoms with Crippen molar-refractivity contribution >= 4 is 17.4 Å². The van der Waals surface area contributed by atoms with Crippen LogP contribution in [0.4, 0.5) is 4.79 Å². The number of nitrogens with one attached hydrogen (secondary N) is 2. The molecule has 2 amide bonds. The van der Waals surface area contributed by atoms with Gasteiger partial charge in [0, 0.05) is 36.9 Å². The molecule has 6 nitrogen and oxygen atoms in total. The zero-order chi connectivity index (χ0) is 16.6. The van der Waals surface area contributed by atoms with Gasteiger partial charge in [0.1, 0.15) is 0 Å². The lowest BCUT2D eigenvalue weighted by molar-refractivity contribution is 0.222. The molecule has 1 saturated heterocycles. The number of imidazole rings is 1. The van der Waals surface area contributed by atoms with E-state index in [2.05, 4.69) is 38.0 Å². The number of amides is 2. The van der Waals surface area contributed by atoms with E-state index in [0.717, 1.165) is 26.1 Å². The molecule has 0 aromatic carbocycles. The number of aryl methyl sites for hydroxylation is 1. The standard InChI is InChI=1S/C17H25N5OS/c23-17(19-6-4-8-21-11-7-18-14-21)20-13-15(16-5-3-12-24-16)22-9-1-2-10-22/h3,5,7,11-12,14-15H,1-2,4,6,8-10,13H2,(H2,19,20,23)/t15-/m0/s1. The van der Waals surface area contributed by atoms with Crippen molar-refractivity contribution in [2.45, 2.75) is 31.8 Å². The van der Waals surface area contributed by atoms with Gasteiger partial charge in [0.05, 0.1) is 12.4 Å². The minimum absolute atomic E-state index is 0.0821. The molecular weight excluding hydrogens is 322 g/mol. The summed E-state index contributed by atoms with van der Waals surface area (Å²) in [5.74, 6) is 0. The number of thiophene rings is 1. The average molecular weight is 347 g/mol. The molecule has 24 heavy (non-hydrogen) atoms. The smallest absolute Gasteiger partial charge is 0.314 e. The second kappa shape index (κ2) is 8.84. The van der Waals surface area contributed by atoms with Crippen molar-refractivity contribution in [3.8, 4) is 0 Å². The van der Waals surface area contributed by atoms with Gasteiger partial charge in [0.25, 0.3) is 0 Å². The Morgan fingerprint density at radius 2 is 2.21 bits per heavy atom. The first-order chi connectivity index (χ1) is 11.8. The molecule has 1 fully saturated rings. The van der Waals surface area contributed by atoms with Crippen molar-refractivity contribution in [2.75, 3.05) is 26.2 Å². The van der Waals surface area contributed by atoms with Crippen LogP contribution in [-0.4, -0.2) is 46.7 Å². The van der Waals surface area contributed by atoms with Gasteiger partial charge in [-0.2, -0.15) is 0 Å². The molecule has 0 radical (unpaired) electrons. The molecule has 0 spiro atoms. The Labute approximate surface area is 146 Å². The van der Waals surface area contributed by atoms with E-state index in [0.29, 0.717) is 19.1 Å². The Morgan fingerprint density at radius 3 is 2.92 bits per heavy atom. The van der Waals surface area contributed by atoms with Gasteiger partial charge in [0.15, 0.2) is 0 Å². The maximum atomic E-state index is 12.0. The second-order valence-electron chi connectivity index (χ2n) is 6.07. The third kappa shape index (κ3) is 4.82. The molecule has 1 aliphatic heterocycles. The van der Waals surface area contributed by atoms with Gasteiger partial charge >= 0.3 is 6.03 Å². The summed E-state index contributed by atoms with van der Waals surface area (Å²) < 4.78 is 2.01. The molecule has 2 N–H and O–H groups in total. The van der Waals surface area contributed by atoms with Gasteiger partial charge in [-0.1, -0.05) is 6.07 Å². The number of aromatic nitrogens is 2. The predicted molar refractivity (Wildman–Crippen MR) is 96.1 cm³/mol. The molecule has 2 aromatic heterocycles. The molecule has 1 aliphatic rings. The van der Waals surface area contributed by atoms with E-state index in [1.807, 2.05) is 10.8 Å². The number of carbonyl (C=O) groups is 1. The first-order valence-corrected chi connectivity index (χ1v) is 9.46. The number of urea groups is 1. The van der Waals surface area contributed by atoms with E-state index in [1.165, 1.54) is 17.7 Å². The van der Waals surface area contributed by atoms with Crippen molar-refractivity contribution in [3.05, 3.63) is 41.1 Å². The Morgan fingerprint density at radius 1 is 1.33 bits per heavy atom. The number of nitrogens with zero attached hydrogens (tertiary/aromatic N) is 3. The third-order valence-corrected chi connectivity index (χ3v) is 5.32. The number of hydrogen-bond acceptors (Lipinski definition) is 4. The topological polar surface area (TPSA) is 62.2 Å². The zero-order valence-corrected chi connectivity index (χ0v) is 14.7. The molecule has 2 aromatic rings. The molecule has 0 bridgehead atoms. The van der Waals surface area contributed by atoms with Crippen LogP contribution in [0.15, 0.2) is 36.2 Å². The largest absolute Gasteiger partial charge is 0.338 e. The predicted octanol–water partition coefficient (Wildman–Crippen LogP) is 2.47. The second-order valence-corrected chi connectivity index (χ2v) is 7.04. The van der Waals surface area contributed by atoms with Crippen molar-refractivity contribution in [1.82, 2.24) is 25.1 Å². The zero-order valence-electron chi connectivity index (χ0n) is 13.9. The van der Waals surface area contributed by atoms with Gasteiger partial charge in [-0.3, -0.25) is 4.90 Å². The molecule has 0 saturated carbocycles. The highest BCUT2D eigenvalue weighted by Crippen LogP contribution is 2.27. The van der Waals surface area contributed by atoms with Crippen LogP contribution in [-0.2, 0) is 6.54 Å². The van der Waals surface area contributed by atoms with Gasteiger partial charge in [-0.25, -0.2) is 9.78 Å². The van der Waals surface area contributed by atoms with Gasteiger partial charge < -0.3 is 15.2 Å². The van der Waals surface area contributed by atoms with E-state index in [-0.39, 0.29) is 6.03 Å². The molecule has 3 rings (SSSR count). The highest BCUT2D eigenvalue weighted by molar-refractivity contribution is 7.10.